The highest BCUT2D eigenvalue weighted by atomic mass is 32.1. The molecule has 0 aliphatic rings. The van der Waals surface area contributed by atoms with Gasteiger partial charge in [0.05, 0.1) is 23.6 Å². The first-order valence-corrected chi connectivity index (χ1v) is 10.1. The number of benzene rings is 2. The Hall–Kier alpha value is -3.19. The Kier molecular flexibility index (Phi) is 6.61. The van der Waals surface area contributed by atoms with Gasteiger partial charge in [-0.15, -0.1) is 11.3 Å². The van der Waals surface area contributed by atoms with Crippen LogP contribution in [0, 0.1) is 6.92 Å². The molecule has 0 spiro atoms. The van der Waals surface area contributed by atoms with E-state index in [2.05, 4.69) is 4.98 Å². The number of amides is 1. The Morgan fingerprint density at radius 2 is 1.90 bits per heavy atom. The van der Waals surface area contributed by atoms with Gasteiger partial charge >= 0.3 is 5.97 Å². The molecule has 0 aliphatic heterocycles. The smallest absolute Gasteiger partial charge is 0.338 e. The van der Waals surface area contributed by atoms with Crippen LogP contribution < -0.4 is 9.64 Å². The maximum absolute atomic E-state index is 12.2. The number of aryl methyl sites for hydroxylation is 1. The van der Waals surface area contributed by atoms with Gasteiger partial charge in [0.15, 0.2) is 5.13 Å². The fraction of sp³-hybridized carbons (Fsp3) is 0.227. The van der Waals surface area contributed by atoms with E-state index in [4.69, 9.17) is 9.47 Å². The molecule has 0 unspecified atom stereocenters. The van der Waals surface area contributed by atoms with Gasteiger partial charge in [-0.1, -0.05) is 12.1 Å². The van der Waals surface area contributed by atoms with Crippen molar-refractivity contribution in [3.8, 4) is 5.75 Å². The van der Waals surface area contributed by atoms with E-state index >= 15 is 0 Å². The van der Waals surface area contributed by atoms with Crippen molar-refractivity contribution in [1.29, 1.82) is 0 Å². The highest BCUT2D eigenvalue weighted by Crippen LogP contribution is 2.29. The molecule has 1 aromatic heterocycles. The molecule has 1 heterocycles. The highest BCUT2D eigenvalue weighted by molar-refractivity contribution is 7.14. The van der Waals surface area contributed by atoms with Crippen molar-refractivity contribution >= 4 is 34.0 Å². The Balaban J connectivity index is 1.68. The summed E-state index contributed by atoms with van der Waals surface area (Å²) in [4.78, 5) is 30.0. The number of aromatic nitrogens is 1. The summed E-state index contributed by atoms with van der Waals surface area (Å²) in [5.41, 5.74) is 3.05. The third kappa shape index (κ3) is 5.20. The lowest BCUT2D eigenvalue weighted by Crippen LogP contribution is -2.22. The van der Waals surface area contributed by atoms with Crippen molar-refractivity contribution in [2.75, 3.05) is 11.5 Å². The number of thiazole rings is 1. The van der Waals surface area contributed by atoms with Crippen LogP contribution in [-0.4, -0.2) is 23.5 Å². The largest absolute Gasteiger partial charge is 0.487 e. The average molecular weight is 410 g/mol. The molecule has 0 saturated heterocycles. The number of hydrogen-bond donors (Lipinski definition) is 0. The molecule has 0 aliphatic carbocycles. The summed E-state index contributed by atoms with van der Waals surface area (Å²) in [6, 6.07) is 14.5. The van der Waals surface area contributed by atoms with Crippen molar-refractivity contribution in [2.24, 2.45) is 0 Å². The molecule has 1 amide bonds. The summed E-state index contributed by atoms with van der Waals surface area (Å²) in [6.45, 7) is 5.86. The number of rotatable bonds is 7. The molecule has 2 aromatic carbocycles. The molecule has 7 heteroatoms. The zero-order chi connectivity index (χ0) is 20.8. The Morgan fingerprint density at radius 1 is 1.14 bits per heavy atom. The quantitative estimate of drug-likeness (QED) is 0.519. The Labute approximate surface area is 173 Å². The fourth-order valence-electron chi connectivity index (χ4n) is 2.72. The van der Waals surface area contributed by atoms with Crippen molar-refractivity contribution in [3.05, 3.63) is 70.7 Å². The molecule has 6 nitrogen and oxygen atoms in total. The first kappa shape index (κ1) is 20.5. The van der Waals surface area contributed by atoms with Gasteiger partial charge in [0, 0.05) is 12.3 Å². The number of esters is 1. The third-order valence-corrected chi connectivity index (χ3v) is 4.93. The van der Waals surface area contributed by atoms with Gasteiger partial charge < -0.3 is 9.47 Å². The van der Waals surface area contributed by atoms with Gasteiger partial charge in [-0.05, 0) is 55.8 Å². The first-order valence-electron chi connectivity index (χ1n) is 9.19. The highest BCUT2D eigenvalue weighted by Gasteiger charge is 2.18. The summed E-state index contributed by atoms with van der Waals surface area (Å²) < 4.78 is 10.7. The second kappa shape index (κ2) is 9.34. The van der Waals surface area contributed by atoms with Gasteiger partial charge in [-0.2, -0.15) is 0 Å². The lowest BCUT2D eigenvalue weighted by atomic mass is 10.2. The molecule has 0 bridgehead atoms. The minimum atomic E-state index is -0.358. The molecule has 3 aromatic rings. The van der Waals surface area contributed by atoms with Gasteiger partial charge in [-0.25, -0.2) is 9.78 Å². The zero-order valence-electron chi connectivity index (χ0n) is 16.5. The topological polar surface area (TPSA) is 68.7 Å². The molecule has 0 atom stereocenters. The predicted molar refractivity (Wildman–Crippen MR) is 113 cm³/mol. The summed E-state index contributed by atoms with van der Waals surface area (Å²) in [5, 5.41) is 2.47. The maximum Gasteiger partial charge on any atom is 0.338 e. The van der Waals surface area contributed by atoms with Gasteiger partial charge in [0.25, 0.3) is 0 Å². The van der Waals surface area contributed by atoms with E-state index in [9.17, 15) is 9.59 Å². The molecule has 0 saturated carbocycles. The van der Waals surface area contributed by atoms with Crippen molar-refractivity contribution in [3.63, 3.8) is 0 Å². The number of carbonyl (C=O) groups excluding carboxylic acids is 2. The summed E-state index contributed by atoms with van der Waals surface area (Å²) >= 11 is 1.39. The fourth-order valence-corrected chi connectivity index (χ4v) is 3.59. The van der Waals surface area contributed by atoms with Crippen LogP contribution in [0.15, 0.2) is 53.9 Å². The summed E-state index contributed by atoms with van der Waals surface area (Å²) in [5.74, 6) is 0.158. The monoisotopic (exact) mass is 410 g/mol. The van der Waals surface area contributed by atoms with E-state index in [1.165, 1.54) is 18.3 Å². The van der Waals surface area contributed by atoms with E-state index < -0.39 is 0 Å². The normalized spacial score (nSPS) is 10.4. The van der Waals surface area contributed by atoms with E-state index in [1.807, 2.05) is 36.6 Å². The molecule has 3 rings (SSSR count). The van der Waals surface area contributed by atoms with Crippen molar-refractivity contribution < 1.29 is 19.1 Å². The van der Waals surface area contributed by atoms with E-state index in [-0.39, 0.29) is 18.5 Å². The molecule has 150 valence electrons. The van der Waals surface area contributed by atoms with Gasteiger partial charge in [0.1, 0.15) is 12.4 Å². The van der Waals surface area contributed by atoms with Crippen LogP contribution in [0.2, 0.25) is 0 Å². The van der Waals surface area contributed by atoms with Crippen LogP contribution in [0.5, 0.6) is 5.75 Å². The van der Waals surface area contributed by atoms with Crippen LogP contribution in [0.1, 0.15) is 35.5 Å². The number of nitrogens with zero attached hydrogens (tertiary/aromatic N) is 2. The predicted octanol–water partition coefficient (Wildman–Crippen LogP) is 4.89. The lowest BCUT2D eigenvalue weighted by Gasteiger charge is -2.18. The second-order valence-electron chi connectivity index (χ2n) is 6.35. The second-order valence-corrected chi connectivity index (χ2v) is 7.18. The van der Waals surface area contributed by atoms with E-state index in [0.717, 1.165) is 16.9 Å². The van der Waals surface area contributed by atoms with Crippen LogP contribution in [0.3, 0.4) is 0 Å². The van der Waals surface area contributed by atoms with Crippen LogP contribution in [-0.2, 0) is 16.1 Å². The van der Waals surface area contributed by atoms with Crippen LogP contribution in [0.25, 0.3) is 0 Å². The Morgan fingerprint density at radius 3 is 2.55 bits per heavy atom. The average Bonchev–Trinajstić information content (AvgIpc) is 3.15. The summed E-state index contributed by atoms with van der Waals surface area (Å²) in [6.07, 6.45) is 0. The lowest BCUT2D eigenvalue weighted by molar-refractivity contribution is -0.115. The van der Waals surface area contributed by atoms with Crippen molar-refractivity contribution in [1.82, 2.24) is 4.98 Å². The zero-order valence-corrected chi connectivity index (χ0v) is 17.4. The number of ether oxygens (including phenoxy) is 2. The number of hydrogen-bond acceptors (Lipinski definition) is 6. The van der Waals surface area contributed by atoms with Gasteiger partial charge in [-0.3, -0.25) is 9.69 Å². The SMILES string of the molecule is CCOC(=O)c1ccc(OCc2csc(N(C(C)=O)c3cccc(C)c3)n2)cc1. The Bertz CT molecular complexity index is 998. The van der Waals surface area contributed by atoms with E-state index in [1.54, 1.807) is 36.1 Å². The molecular weight excluding hydrogens is 388 g/mol. The minimum absolute atomic E-state index is 0.105. The van der Waals surface area contributed by atoms with Crippen LogP contribution >= 0.6 is 11.3 Å². The van der Waals surface area contributed by atoms with Crippen LogP contribution in [0.4, 0.5) is 10.8 Å². The molecule has 0 N–H and O–H groups in total. The molecule has 0 radical (unpaired) electrons. The maximum atomic E-state index is 12.2. The standard InChI is InChI=1S/C22H22N2O4S/c1-4-27-21(26)17-8-10-20(11-9-17)28-13-18-14-29-22(23-18)24(16(3)25)19-7-5-6-15(2)12-19/h5-12,14H,4,13H2,1-3H3. The number of carbonyl (C=O) groups is 2. The first-order chi connectivity index (χ1) is 14.0. The summed E-state index contributed by atoms with van der Waals surface area (Å²) in [7, 11) is 0. The molecular formula is C22H22N2O4S. The minimum Gasteiger partial charge on any atom is -0.487 e. The van der Waals surface area contributed by atoms with Gasteiger partial charge in [0.2, 0.25) is 5.91 Å². The van der Waals surface area contributed by atoms with Crippen molar-refractivity contribution in [2.45, 2.75) is 27.4 Å². The number of anilines is 2. The molecule has 0 fully saturated rings. The molecule has 29 heavy (non-hydrogen) atoms. The van der Waals surface area contributed by atoms with E-state index in [0.29, 0.717) is 23.1 Å². The third-order valence-electron chi connectivity index (χ3n) is 4.06.